The van der Waals surface area contributed by atoms with Crippen molar-refractivity contribution in [2.24, 2.45) is 5.10 Å². The number of H-pyrrole nitrogens is 1. The van der Waals surface area contributed by atoms with Gasteiger partial charge in [0.15, 0.2) is 0 Å². The van der Waals surface area contributed by atoms with Crippen LogP contribution in [0.25, 0.3) is 16.7 Å². The van der Waals surface area contributed by atoms with Crippen LogP contribution in [-0.2, 0) is 0 Å². The number of hydrogen-bond acceptors (Lipinski definition) is 6. The van der Waals surface area contributed by atoms with E-state index in [0.717, 1.165) is 16.0 Å². The minimum Gasteiger partial charge on any atom is -0.267 e. The van der Waals surface area contributed by atoms with Crippen LogP contribution in [0.1, 0.15) is 5.56 Å². The molecule has 0 radical (unpaired) electrons. The molecule has 5 rings (SSSR count). The monoisotopic (exact) mass is 376 g/mol. The third kappa shape index (κ3) is 2.51. The molecule has 0 fully saturated rings. The molecule has 0 saturated carbocycles. The Kier molecular flexibility index (Phi) is 3.54. The quantitative estimate of drug-likeness (QED) is 0.573. The molecular weight excluding hydrogens is 364 g/mol. The number of rotatable bonds is 2. The fraction of sp³-hybridized carbons (Fsp3) is 0.0556. The number of thioether (sulfide) groups is 1. The second-order valence-electron chi connectivity index (χ2n) is 5.92. The summed E-state index contributed by atoms with van der Waals surface area (Å²) in [4.78, 5) is 25.3. The van der Waals surface area contributed by atoms with E-state index in [1.165, 1.54) is 16.4 Å². The van der Waals surface area contributed by atoms with Gasteiger partial charge in [-0.05, 0) is 17.7 Å². The molecule has 0 spiro atoms. The zero-order valence-electron chi connectivity index (χ0n) is 13.9. The average Bonchev–Trinajstić information content (AvgIpc) is 3.14. The highest BCUT2D eigenvalue weighted by molar-refractivity contribution is 7.99. The summed E-state index contributed by atoms with van der Waals surface area (Å²) in [5.74, 6) is 0.796. The predicted octanol–water partition coefficient (Wildman–Crippen LogP) is 1.63. The summed E-state index contributed by atoms with van der Waals surface area (Å²) >= 11 is 1.47. The maximum atomic E-state index is 12.9. The second kappa shape index (κ2) is 6.06. The number of hydrogen-bond donors (Lipinski definition) is 1. The summed E-state index contributed by atoms with van der Waals surface area (Å²) in [5, 5.41) is 16.6. The molecule has 0 aliphatic carbocycles. The molecule has 27 heavy (non-hydrogen) atoms. The van der Waals surface area contributed by atoms with E-state index in [1.54, 1.807) is 24.3 Å². The molecule has 8 nitrogen and oxygen atoms in total. The minimum absolute atomic E-state index is 0.151. The lowest BCUT2D eigenvalue weighted by atomic mass is 10.1. The van der Waals surface area contributed by atoms with Crippen molar-refractivity contribution in [2.45, 2.75) is 5.16 Å². The van der Waals surface area contributed by atoms with Gasteiger partial charge in [0.25, 0.3) is 17.1 Å². The summed E-state index contributed by atoms with van der Waals surface area (Å²) in [7, 11) is 0. The largest absolute Gasteiger partial charge is 0.280 e. The van der Waals surface area contributed by atoms with Gasteiger partial charge in [0.2, 0.25) is 5.16 Å². The van der Waals surface area contributed by atoms with Gasteiger partial charge >= 0.3 is 0 Å². The smallest absolute Gasteiger partial charge is 0.267 e. The number of aromatic nitrogens is 5. The van der Waals surface area contributed by atoms with Gasteiger partial charge in [-0.1, -0.05) is 54.2 Å². The van der Waals surface area contributed by atoms with Crippen molar-refractivity contribution in [2.75, 3.05) is 5.75 Å². The highest BCUT2D eigenvalue weighted by atomic mass is 32.2. The number of nitrogens with one attached hydrogen (secondary N) is 1. The SMILES string of the molecule is O=c1[nH]n(-c2nnc3n2N=C(c2ccccc2)CS3)c(=O)c2ccccc12. The summed E-state index contributed by atoms with van der Waals surface area (Å²) in [5.41, 5.74) is 1.06. The van der Waals surface area contributed by atoms with Crippen LogP contribution < -0.4 is 11.1 Å². The molecule has 4 aromatic rings. The second-order valence-corrected chi connectivity index (χ2v) is 6.87. The Balaban J connectivity index is 1.73. The molecular formula is C18H12N6O2S. The van der Waals surface area contributed by atoms with Crippen LogP contribution in [0.5, 0.6) is 0 Å². The maximum absolute atomic E-state index is 12.9. The molecule has 1 aliphatic rings. The fourth-order valence-corrected chi connectivity index (χ4v) is 3.80. The van der Waals surface area contributed by atoms with Crippen molar-refractivity contribution in [3.63, 3.8) is 0 Å². The zero-order valence-corrected chi connectivity index (χ0v) is 14.7. The molecule has 3 heterocycles. The Hall–Kier alpha value is -3.46. The lowest BCUT2D eigenvalue weighted by molar-refractivity contribution is 0.670. The molecule has 1 N–H and O–H groups in total. The van der Waals surface area contributed by atoms with Crippen LogP contribution in [0.3, 0.4) is 0 Å². The van der Waals surface area contributed by atoms with Crippen LogP contribution in [0.2, 0.25) is 0 Å². The first-order chi connectivity index (χ1) is 13.2. The summed E-state index contributed by atoms with van der Waals surface area (Å²) < 4.78 is 2.59. The van der Waals surface area contributed by atoms with E-state index in [9.17, 15) is 9.59 Å². The van der Waals surface area contributed by atoms with E-state index in [2.05, 4.69) is 20.4 Å². The van der Waals surface area contributed by atoms with E-state index in [4.69, 9.17) is 0 Å². The van der Waals surface area contributed by atoms with Crippen LogP contribution in [0.15, 0.2) is 74.4 Å². The molecule has 0 bridgehead atoms. The Bertz CT molecular complexity index is 1320. The maximum Gasteiger partial charge on any atom is 0.280 e. The molecule has 0 unspecified atom stereocenters. The summed E-state index contributed by atoms with van der Waals surface area (Å²) in [6.07, 6.45) is 0. The molecule has 2 aromatic heterocycles. The number of nitrogens with zero attached hydrogens (tertiary/aromatic N) is 5. The van der Waals surface area contributed by atoms with E-state index in [-0.39, 0.29) is 17.1 Å². The zero-order chi connectivity index (χ0) is 18.4. The van der Waals surface area contributed by atoms with Gasteiger partial charge in [-0.25, -0.2) is 0 Å². The standard InChI is InChI=1S/C18H12N6O2S/c25-15-12-8-4-5-9-13(12)16(26)23(22-15)17-19-20-18-24(17)21-14(10-27-18)11-6-2-1-3-7-11/h1-9H,10H2,(H,22,25). The van der Waals surface area contributed by atoms with Gasteiger partial charge in [-0.2, -0.15) is 14.5 Å². The predicted molar refractivity (Wildman–Crippen MR) is 103 cm³/mol. The number of aromatic amines is 1. The third-order valence-electron chi connectivity index (χ3n) is 4.28. The van der Waals surface area contributed by atoms with Crippen molar-refractivity contribution < 1.29 is 0 Å². The van der Waals surface area contributed by atoms with Crippen molar-refractivity contribution in [3.8, 4) is 5.95 Å². The van der Waals surface area contributed by atoms with Gasteiger partial charge in [-0.15, -0.1) is 10.2 Å². The third-order valence-corrected chi connectivity index (χ3v) is 5.21. The first-order valence-corrected chi connectivity index (χ1v) is 9.17. The molecule has 0 saturated heterocycles. The van der Waals surface area contributed by atoms with Gasteiger partial charge in [0.05, 0.1) is 16.5 Å². The van der Waals surface area contributed by atoms with Crippen molar-refractivity contribution in [1.82, 2.24) is 24.7 Å². The molecule has 2 aromatic carbocycles. The van der Waals surface area contributed by atoms with E-state index in [0.29, 0.717) is 21.7 Å². The van der Waals surface area contributed by atoms with Gasteiger partial charge in [0, 0.05) is 5.75 Å². The first-order valence-electron chi connectivity index (χ1n) is 8.18. The highest BCUT2D eigenvalue weighted by Crippen LogP contribution is 2.24. The Morgan fingerprint density at radius 3 is 2.48 bits per heavy atom. The normalized spacial score (nSPS) is 13.4. The lowest BCUT2D eigenvalue weighted by Crippen LogP contribution is -2.30. The van der Waals surface area contributed by atoms with E-state index < -0.39 is 0 Å². The number of fused-ring (bicyclic) bond motifs is 2. The fourth-order valence-electron chi connectivity index (χ4n) is 2.97. The van der Waals surface area contributed by atoms with Crippen molar-refractivity contribution in [3.05, 3.63) is 80.9 Å². The minimum atomic E-state index is -0.382. The Labute approximate surface area is 156 Å². The van der Waals surface area contributed by atoms with Crippen LogP contribution in [-0.4, -0.2) is 36.1 Å². The van der Waals surface area contributed by atoms with Crippen LogP contribution in [0.4, 0.5) is 0 Å². The van der Waals surface area contributed by atoms with Crippen molar-refractivity contribution >= 4 is 28.2 Å². The van der Waals surface area contributed by atoms with Gasteiger partial charge in [0.1, 0.15) is 0 Å². The molecule has 0 amide bonds. The molecule has 132 valence electrons. The Morgan fingerprint density at radius 2 is 1.67 bits per heavy atom. The summed E-state index contributed by atoms with van der Waals surface area (Å²) in [6.45, 7) is 0. The van der Waals surface area contributed by atoms with Crippen molar-refractivity contribution in [1.29, 1.82) is 0 Å². The van der Waals surface area contributed by atoms with Gasteiger partial charge < -0.3 is 0 Å². The van der Waals surface area contributed by atoms with Crippen LogP contribution >= 0.6 is 11.8 Å². The first kappa shape index (κ1) is 15.8. The molecule has 0 atom stereocenters. The highest BCUT2D eigenvalue weighted by Gasteiger charge is 2.22. The lowest BCUT2D eigenvalue weighted by Gasteiger charge is -2.14. The molecule has 1 aliphatic heterocycles. The molecule has 9 heteroatoms. The Morgan fingerprint density at radius 1 is 0.926 bits per heavy atom. The summed E-state index contributed by atoms with van der Waals surface area (Å²) in [6, 6.07) is 16.4. The number of benzene rings is 2. The van der Waals surface area contributed by atoms with Gasteiger partial charge in [-0.3, -0.25) is 14.7 Å². The van der Waals surface area contributed by atoms with E-state index >= 15 is 0 Å². The van der Waals surface area contributed by atoms with E-state index in [1.807, 2.05) is 30.3 Å². The topological polar surface area (TPSA) is 97.9 Å². The van der Waals surface area contributed by atoms with Crippen LogP contribution in [0, 0.1) is 0 Å². The average molecular weight is 376 g/mol.